The van der Waals surface area contributed by atoms with Crippen LogP contribution >= 0.6 is 0 Å². The molecular weight excluding hydrogens is 262 g/mol. The molecule has 0 heterocycles. The summed E-state index contributed by atoms with van der Waals surface area (Å²) in [5.41, 5.74) is 0.338. The van der Waals surface area contributed by atoms with E-state index in [0.29, 0.717) is 12.0 Å². The molecule has 0 radical (unpaired) electrons. The molecule has 1 rings (SSSR count). The van der Waals surface area contributed by atoms with Crippen molar-refractivity contribution in [1.82, 2.24) is 0 Å². The summed E-state index contributed by atoms with van der Waals surface area (Å²) in [6.07, 6.45) is 6.87. The maximum absolute atomic E-state index is 13.2. The summed E-state index contributed by atoms with van der Waals surface area (Å²) in [6.45, 7) is 2.14. The first kappa shape index (κ1) is 16.6. The highest BCUT2D eigenvalue weighted by Crippen LogP contribution is 2.24. The Morgan fingerprint density at radius 2 is 1.75 bits per heavy atom. The van der Waals surface area contributed by atoms with Gasteiger partial charge in [0, 0.05) is 0 Å². The monoisotopic (exact) mass is 284 g/mol. The quantitative estimate of drug-likeness (QED) is 0.656. The second-order valence-corrected chi connectivity index (χ2v) is 5.12. The van der Waals surface area contributed by atoms with E-state index in [0.717, 1.165) is 31.4 Å². The molecule has 20 heavy (non-hydrogen) atoms. The SMILES string of the molecule is CCCCCCCCC(C(=O)O)c1ccc(F)c(F)c1. The predicted molar refractivity (Wildman–Crippen MR) is 74.7 cm³/mol. The molecule has 2 nitrogen and oxygen atoms in total. The molecule has 0 amide bonds. The van der Waals surface area contributed by atoms with Gasteiger partial charge in [0.05, 0.1) is 5.92 Å². The summed E-state index contributed by atoms with van der Waals surface area (Å²) in [4.78, 5) is 11.2. The number of rotatable bonds is 9. The fourth-order valence-corrected chi connectivity index (χ4v) is 2.29. The standard InChI is InChI=1S/C16H22F2O2/c1-2-3-4-5-6-7-8-13(16(19)20)12-9-10-14(17)15(18)11-12/h9-11,13H,2-8H2,1H3,(H,19,20). The average molecular weight is 284 g/mol. The number of carboxylic acid groups (broad SMARTS) is 1. The summed E-state index contributed by atoms with van der Waals surface area (Å²) >= 11 is 0. The van der Waals surface area contributed by atoms with Gasteiger partial charge in [-0.15, -0.1) is 0 Å². The number of hydrogen-bond donors (Lipinski definition) is 1. The zero-order chi connectivity index (χ0) is 15.0. The Morgan fingerprint density at radius 3 is 2.35 bits per heavy atom. The summed E-state index contributed by atoms with van der Waals surface area (Å²) in [5.74, 6) is -3.67. The van der Waals surface area contributed by atoms with Crippen molar-refractivity contribution in [3.05, 3.63) is 35.4 Å². The van der Waals surface area contributed by atoms with Gasteiger partial charge in [-0.2, -0.15) is 0 Å². The highest BCUT2D eigenvalue weighted by Gasteiger charge is 2.20. The van der Waals surface area contributed by atoms with Gasteiger partial charge in [0.25, 0.3) is 0 Å². The third-order valence-electron chi connectivity index (χ3n) is 3.49. The van der Waals surface area contributed by atoms with Crippen molar-refractivity contribution in [1.29, 1.82) is 0 Å². The Morgan fingerprint density at radius 1 is 1.10 bits per heavy atom. The van der Waals surface area contributed by atoms with Gasteiger partial charge in [-0.1, -0.05) is 51.5 Å². The van der Waals surface area contributed by atoms with Crippen LogP contribution in [0.2, 0.25) is 0 Å². The molecular formula is C16H22F2O2. The van der Waals surface area contributed by atoms with Crippen LogP contribution in [0.5, 0.6) is 0 Å². The van der Waals surface area contributed by atoms with E-state index in [1.54, 1.807) is 0 Å². The van der Waals surface area contributed by atoms with Gasteiger partial charge in [0.15, 0.2) is 11.6 Å². The lowest BCUT2D eigenvalue weighted by molar-refractivity contribution is -0.139. The fourth-order valence-electron chi connectivity index (χ4n) is 2.29. The van der Waals surface area contributed by atoms with E-state index in [9.17, 15) is 18.7 Å². The molecule has 0 bridgehead atoms. The third kappa shape index (κ3) is 5.27. The highest BCUT2D eigenvalue weighted by molar-refractivity contribution is 5.76. The number of aliphatic carboxylic acids is 1. The van der Waals surface area contributed by atoms with Crippen LogP contribution in [-0.4, -0.2) is 11.1 Å². The summed E-state index contributed by atoms with van der Waals surface area (Å²) in [6, 6.07) is 3.33. The zero-order valence-electron chi connectivity index (χ0n) is 11.9. The van der Waals surface area contributed by atoms with Crippen molar-refractivity contribution in [3.63, 3.8) is 0 Å². The minimum atomic E-state index is -0.989. The Bertz CT molecular complexity index is 432. The first-order chi connectivity index (χ1) is 9.56. The molecule has 4 heteroatoms. The fraction of sp³-hybridized carbons (Fsp3) is 0.562. The molecule has 112 valence electrons. The van der Waals surface area contributed by atoms with Gasteiger partial charge in [0.1, 0.15) is 0 Å². The third-order valence-corrected chi connectivity index (χ3v) is 3.49. The van der Waals surface area contributed by atoms with E-state index in [-0.39, 0.29) is 0 Å². The Kier molecular flexibility index (Phi) is 7.20. The zero-order valence-corrected chi connectivity index (χ0v) is 11.9. The van der Waals surface area contributed by atoms with Crippen LogP contribution in [0.4, 0.5) is 8.78 Å². The molecule has 0 aliphatic heterocycles. The molecule has 0 aromatic heterocycles. The van der Waals surface area contributed by atoms with Crippen molar-refractivity contribution in [2.45, 2.75) is 57.8 Å². The van der Waals surface area contributed by atoms with Crippen LogP contribution in [-0.2, 0) is 4.79 Å². The molecule has 0 saturated carbocycles. The van der Waals surface area contributed by atoms with E-state index < -0.39 is 23.5 Å². The molecule has 0 fully saturated rings. The number of carboxylic acids is 1. The van der Waals surface area contributed by atoms with Gasteiger partial charge < -0.3 is 5.11 Å². The average Bonchev–Trinajstić information content (AvgIpc) is 2.41. The lowest BCUT2D eigenvalue weighted by atomic mass is 9.93. The normalized spacial score (nSPS) is 12.3. The van der Waals surface area contributed by atoms with Gasteiger partial charge >= 0.3 is 5.97 Å². The van der Waals surface area contributed by atoms with E-state index in [1.165, 1.54) is 25.3 Å². The topological polar surface area (TPSA) is 37.3 Å². The van der Waals surface area contributed by atoms with Crippen LogP contribution in [0.15, 0.2) is 18.2 Å². The maximum Gasteiger partial charge on any atom is 0.310 e. The van der Waals surface area contributed by atoms with Crippen molar-refractivity contribution in [3.8, 4) is 0 Å². The Balaban J connectivity index is 2.52. The molecule has 1 aromatic rings. The molecule has 0 spiro atoms. The number of hydrogen-bond acceptors (Lipinski definition) is 1. The number of unbranched alkanes of at least 4 members (excludes halogenated alkanes) is 5. The minimum absolute atomic E-state index is 0.338. The largest absolute Gasteiger partial charge is 0.481 e. The molecule has 0 saturated heterocycles. The molecule has 0 aliphatic carbocycles. The number of benzene rings is 1. The van der Waals surface area contributed by atoms with E-state index in [2.05, 4.69) is 6.92 Å². The second-order valence-electron chi connectivity index (χ2n) is 5.12. The van der Waals surface area contributed by atoms with Crippen molar-refractivity contribution < 1.29 is 18.7 Å². The first-order valence-corrected chi connectivity index (χ1v) is 7.24. The highest BCUT2D eigenvalue weighted by atomic mass is 19.2. The lowest BCUT2D eigenvalue weighted by Gasteiger charge is -2.13. The molecule has 1 aromatic carbocycles. The van der Waals surface area contributed by atoms with Gasteiger partial charge in [-0.25, -0.2) is 8.78 Å². The molecule has 1 unspecified atom stereocenters. The van der Waals surface area contributed by atoms with Crippen LogP contribution < -0.4 is 0 Å². The van der Waals surface area contributed by atoms with E-state index in [4.69, 9.17) is 0 Å². The van der Waals surface area contributed by atoms with Gasteiger partial charge in [-0.3, -0.25) is 4.79 Å². The summed E-state index contributed by atoms with van der Waals surface area (Å²) in [5, 5.41) is 9.21. The van der Waals surface area contributed by atoms with Crippen LogP contribution in [0.3, 0.4) is 0 Å². The van der Waals surface area contributed by atoms with E-state index >= 15 is 0 Å². The van der Waals surface area contributed by atoms with Crippen LogP contribution in [0, 0.1) is 11.6 Å². The number of halogens is 2. The molecule has 0 aliphatic rings. The predicted octanol–water partition coefficient (Wildman–Crippen LogP) is 4.88. The van der Waals surface area contributed by atoms with Gasteiger partial charge in [0.2, 0.25) is 0 Å². The van der Waals surface area contributed by atoms with E-state index in [1.807, 2.05) is 0 Å². The number of carbonyl (C=O) groups is 1. The van der Waals surface area contributed by atoms with Gasteiger partial charge in [-0.05, 0) is 24.1 Å². The maximum atomic E-state index is 13.2. The molecule has 1 atom stereocenters. The Labute approximate surface area is 118 Å². The summed E-state index contributed by atoms with van der Waals surface area (Å²) in [7, 11) is 0. The lowest BCUT2D eigenvalue weighted by Crippen LogP contribution is -2.12. The van der Waals surface area contributed by atoms with Crippen molar-refractivity contribution in [2.24, 2.45) is 0 Å². The van der Waals surface area contributed by atoms with Crippen molar-refractivity contribution in [2.75, 3.05) is 0 Å². The van der Waals surface area contributed by atoms with Crippen LogP contribution in [0.1, 0.15) is 63.4 Å². The van der Waals surface area contributed by atoms with Crippen molar-refractivity contribution >= 4 is 5.97 Å². The smallest absolute Gasteiger partial charge is 0.310 e. The minimum Gasteiger partial charge on any atom is -0.481 e. The summed E-state index contributed by atoms with van der Waals surface area (Å²) < 4.78 is 26.0. The van der Waals surface area contributed by atoms with Crippen LogP contribution in [0.25, 0.3) is 0 Å². The second kappa shape index (κ2) is 8.67. The first-order valence-electron chi connectivity index (χ1n) is 7.24. The molecule has 1 N–H and O–H groups in total. The Hall–Kier alpha value is -1.45.